The molecule has 0 fully saturated rings. The van der Waals surface area contributed by atoms with E-state index in [1.165, 1.54) is 23.2 Å². The number of aromatic nitrogens is 1. The second-order valence-corrected chi connectivity index (χ2v) is 5.69. The van der Waals surface area contributed by atoms with Gasteiger partial charge in [0.05, 0.1) is 0 Å². The molecule has 0 spiro atoms. The van der Waals surface area contributed by atoms with Crippen molar-refractivity contribution >= 4 is 11.5 Å². The zero-order valence-electron chi connectivity index (χ0n) is 12.8. The maximum atomic E-state index is 4.69. The van der Waals surface area contributed by atoms with E-state index in [9.17, 15) is 0 Å². The Morgan fingerprint density at radius 2 is 2.10 bits per heavy atom. The van der Waals surface area contributed by atoms with Crippen molar-refractivity contribution in [3.05, 3.63) is 53.7 Å². The van der Waals surface area contributed by atoms with Crippen molar-refractivity contribution in [3.63, 3.8) is 0 Å². The molecule has 0 aliphatic carbocycles. The molecule has 1 aliphatic heterocycles. The zero-order valence-corrected chi connectivity index (χ0v) is 12.8. The largest absolute Gasteiger partial charge is 0.323 e. The average molecular weight is 281 g/mol. The topological polar surface area (TPSA) is 28.2 Å². The fourth-order valence-corrected chi connectivity index (χ4v) is 2.97. The monoisotopic (exact) mass is 281 g/mol. The molecule has 1 N–H and O–H groups in total. The molecule has 0 saturated carbocycles. The fraction of sp³-hybridized carbons (Fsp3) is 0.389. The molecule has 0 bridgehead atoms. The third-order valence-corrected chi connectivity index (χ3v) is 4.16. The molecular formula is C18H23N3. The minimum atomic E-state index is 0.493. The Morgan fingerprint density at radius 1 is 1.24 bits per heavy atom. The van der Waals surface area contributed by atoms with Crippen LogP contribution in [0.2, 0.25) is 0 Å². The molecule has 1 aliphatic rings. The lowest BCUT2D eigenvalue weighted by molar-refractivity contribution is 0.613. The summed E-state index contributed by atoms with van der Waals surface area (Å²) < 4.78 is 0. The lowest BCUT2D eigenvalue weighted by atomic mass is 9.96. The maximum absolute atomic E-state index is 4.69. The van der Waals surface area contributed by atoms with Crippen LogP contribution in [0, 0.1) is 0 Å². The third-order valence-electron chi connectivity index (χ3n) is 4.16. The minimum absolute atomic E-state index is 0.493. The summed E-state index contributed by atoms with van der Waals surface area (Å²) in [7, 11) is 0. The number of rotatable bonds is 4. The molecule has 1 atom stereocenters. The van der Waals surface area contributed by atoms with Crippen molar-refractivity contribution in [3.8, 4) is 0 Å². The van der Waals surface area contributed by atoms with E-state index in [2.05, 4.69) is 60.5 Å². The van der Waals surface area contributed by atoms with Crippen molar-refractivity contribution in [2.24, 2.45) is 0 Å². The Kier molecular flexibility index (Phi) is 4.20. The van der Waals surface area contributed by atoms with Gasteiger partial charge in [0.25, 0.3) is 0 Å². The molecule has 3 nitrogen and oxygen atoms in total. The van der Waals surface area contributed by atoms with E-state index >= 15 is 0 Å². The van der Waals surface area contributed by atoms with Gasteiger partial charge < -0.3 is 10.2 Å². The fourth-order valence-electron chi connectivity index (χ4n) is 2.97. The molecule has 3 rings (SSSR count). The SMILES string of the molecule is CCNCc1ccc(N2c3ccccc3CCC2C)nc1. The number of nitrogens with zero attached hydrogens (tertiary/aromatic N) is 2. The average Bonchev–Trinajstić information content (AvgIpc) is 2.53. The molecule has 2 aromatic rings. The number of nitrogens with one attached hydrogen (secondary N) is 1. The number of fused-ring (bicyclic) bond motifs is 1. The van der Waals surface area contributed by atoms with E-state index in [0.29, 0.717) is 6.04 Å². The Balaban J connectivity index is 1.89. The van der Waals surface area contributed by atoms with Crippen LogP contribution in [-0.4, -0.2) is 17.6 Å². The predicted octanol–water partition coefficient (Wildman–Crippen LogP) is 3.66. The van der Waals surface area contributed by atoms with E-state index in [4.69, 9.17) is 4.98 Å². The molecule has 1 aromatic heterocycles. The van der Waals surface area contributed by atoms with Gasteiger partial charge in [-0.3, -0.25) is 0 Å². The van der Waals surface area contributed by atoms with E-state index in [0.717, 1.165) is 25.3 Å². The summed E-state index contributed by atoms with van der Waals surface area (Å²) in [5.74, 6) is 1.05. The summed E-state index contributed by atoms with van der Waals surface area (Å²) in [5.41, 5.74) is 3.97. The smallest absolute Gasteiger partial charge is 0.133 e. The Hall–Kier alpha value is -1.87. The van der Waals surface area contributed by atoms with Crippen LogP contribution in [0.3, 0.4) is 0 Å². The van der Waals surface area contributed by atoms with Gasteiger partial charge in [-0.25, -0.2) is 4.98 Å². The molecule has 1 unspecified atom stereocenters. The summed E-state index contributed by atoms with van der Waals surface area (Å²) in [6, 6.07) is 13.5. The van der Waals surface area contributed by atoms with Crippen molar-refractivity contribution < 1.29 is 0 Å². The van der Waals surface area contributed by atoms with Crippen LogP contribution < -0.4 is 10.2 Å². The molecule has 0 amide bonds. The first-order chi connectivity index (χ1) is 10.3. The second-order valence-electron chi connectivity index (χ2n) is 5.69. The molecule has 21 heavy (non-hydrogen) atoms. The van der Waals surface area contributed by atoms with Crippen molar-refractivity contribution in [2.45, 2.75) is 39.3 Å². The summed E-state index contributed by atoms with van der Waals surface area (Å²) in [6.07, 6.45) is 4.33. The third kappa shape index (κ3) is 2.93. The number of benzene rings is 1. The number of hydrogen-bond acceptors (Lipinski definition) is 3. The van der Waals surface area contributed by atoms with Crippen LogP contribution in [0.4, 0.5) is 11.5 Å². The quantitative estimate of drug-likeness (QED) is 0.927. The molecule has 110 valence electrons. The maximum Gasteiger partial charge on any atom is 0.133 e. The number of hydrogen-bond donors (Lipinski definition) is 1. The highest BCUT2D eigenvalue weighted by atomic mass is 15.2. The molecule has 0 radical (unpaired) electrons. The van der Waals surface area contributed by atoms with Crippen molar-refractivity contribution in [2.75, 3.05) is 11.4 Å². The van der Waals surface area contributed by atoms with Gasteiger partial charge in [0.15, 0.2) is 0 Å². The van der Waals surface area contributed by atoms with Gasteiger partial charge in [-0.15, -0.1) is 0 Å². The van der Waals surface area contributed by atoms with Gasteiger partial charge in [0.2, 0.25) is 0 Å². The van der Waals surface area contributed by atoms with Gasteiger partial charge in [0.1, 0.15) is 5.82 Å². The summed E-state index contributed by atoms with van der Waals surface area (Å²) >= 11 is 0. The van der Waals surface area contributed by atoms with E-state index in [1.54, 1.807) is 0 Å². The summed E-state index contributed by atoms with van der Waals surface area (Å²) in [4.78, 5) is 7.06. The van der Waals surface area contributed by atoms with Crippen LogP contribution in [0.15, 0.2) is 42.6 Å². The Labute approximate surface area is 127 Å². The van der Waals surface area contributed by atoms with E-state index in [-0.39, 0.29) is 0 Å². The second kappa shape index (κ2) is 6.27. The molecule has 3 heteroatoms. The van der Waals surface area contributed by atoms with Gasteiger partial charge in [-0.2, -0.15) is 0 Å². The van der Waals surface area contributed by atoms with Crippen molar-refractivity contribution in [1.29, 1.82) is 0 Å². The Morgan fingerprint density at radius 3 is 2.86 bits per heavy atom. The lowest BCUT2D eigenvalue weighted by Gasteiger charge is -2.36. The van der Waals surface area contributed by atoms with Gasteiger partial charge in [-0.1, -0.05) is 31.2 Å². The lowest BCUT2D eigenvalue weighted by Crippen LogP contribution is -2.33. The molecule has 0 saturated heterocycles. The molecular weight excluding hydrogens is 258 g/mol. The minimum Gasteiger partial charge on any atom is -0.323 e. The summed E-state index contributed by atoms with van der Waals surface area (Å²) in [5, 5.41) is 3.33. The van der Waals surface area contributed by atoms with Gasteiger partial charge >= 0.3 is 0 Å². The normalized spacial score (nSPS) is 17.6. The molecule has 2 heterocycles. The predicted molar refractivity (Wildman–Crippen MR) is 88.0 cm³/mol. The number of pyridine rings is 1. The first-order valence-corrected chi connectivity index (χ1v) is 7.82. The standard InChI is InChI=1S/C18H23N3/c1-3-19-12-15-9-11-18(20-13-15)21-14(2)8-10-16-6-4-5-7-17(16)21/h4-7,9,11,13-14,19H,3,8,10,12H2,1-2H3. The Bertz CT molecular complexity index is 592. The van der Waals surface area contributed by atoms with E-state index < -0.39 is 0 Å². The highest BCUT2D eigenvalue weighted by molar-refractivity contribution is 5.66. The van der Waals surface area contributed by atoms with Gasteiger partial charge in [-0.05, 0) is 49.6 Å². The van der Waals surface area contributed by atoms with Crippen LogP contribution >= 0.6 is 0 Å². The van der Waals surface area contributed by atoms with Crippen molar-refractivity contribution in [1.82, 2.24) is 10.3 Å². The number of anilines is 2. The zero-order chi connectivity index (χ0) is 14.7. The first kappa shape index (κ1) is 14.1. The van der Waals surface area contributed by atoms with Crippen LogP contribution in [-0.2, 0) is 13.0 Å². The number of aryl methyl sites for hydroxylation is 1. The highest BCUT2D eigenvalue weighted by Gasteiger charge is 2.24. The van der Waals surface area contributed by atoms with Crippen LogP contribution in [0.5, 0.6) is 0 Å². The summed E-state index contributed by atoms with van der Waals surface area (Å²) in [6.45, 7) is 6.27. The van der Waals surface area contributed by atoms with Gasteiger partial charge in [0, 0.05) is 24.5 Å². The highest BCUT2D eigenvalue weighted by Crippen LogP contribution is 2.35. The van der Waals surface area contributed by atoms with Crippen LogP contribution in [0.25, 0.3) is 0 Å². The van der Waals surface area contributed by atoms with E-state index in [1.807, 2.05) is 6.20 Å². The first-order valence-electron chi connectivity index (χ1n) is 7.82. The number of para-hydroxylation sites is 1. The van der Waals surface area contributed by atoms with Crippen LogP contribution in [0.1, 0.15) is 31.4 Å². The molecule has 1 aromatic carbocycles.